The second-order valence-corrected chi connectivity index (χ2v) is 5.94. The Kier molecular flexibility index (Phi) is 4.76. The van der Waals surface area contributed by atoms with Crippen LogP contribution in [0.2, 0.25) is 0 Å². The van der Waals surface area contributed by atoms with Crippen LogP contribution in [-0.2, 0) is 0 Å². The SMILES string of the molecule is CC(C)c1cc(-c2ccccc2)c(C(O)O)c(C(C)C)n1. The lowest BCUT2D eigenvalue weighted by Crippen LogP contribution is -2.10. The van der Waals surface area contributed by atoms with Gasteiger partial charge in [-0.05, 0) is 29.0 Å². The molecule has 1 heterocycles. The molecule has 0 saturated heterocycles. The number of nitrogens with zero attached hydrogens (tertiary/aromatic N) is 1. The highest BCUT2D eigenvalue weighted by molar-refractivity contribution is 5.69. The third-order valence-electron chi connectivity index (χ3n) is 3.59. The van der Waals surface area contributed by atoms with Gasteiger partial charge in [0.05, 0.1) is 5.69 Å². The van der Waals surface area contributed by atoms with Crippen LogP contribution in [0.1, 0.15) is 62.8 Å². The molecule has 1 aromatic heterocycles. The first-order valence-electron chi connectivity index (χ1n) is 7.38. The zero-order chi connectivity index (χ0) is 15.6. The van der Waals surface area contributed by atoms with Gasteiger partial charge in [-0.25, -0.2) is 0 Å². The zero-order valence-electron chi connectivity index (χ0n) is 13.0. The van der Waals surface area contributed by atoms with Gasteiger partial charge in [-0.15, -0.1) is 0 Å². The molecule has 0 amide bonds. The van der Waals surface area contributed by atoms with Crippen molar-refractivity contribution in [3.05, 3.63) is 53.3 Å². The molecule has 0 radical (unpaired) electrons. The van der Waals surface area contributed by atoms with Crippen LogP contribution >= 0.6 is 0 Å². The summed E-state index contributed by atoms with van der Waals surface area (Å²) < 4.78 is 0. The van der Waals surface area contributed by atoms with Crippen molar-refractivity contribution in [2.45, 2.75) is 45.8 Å². The number of pyridine rings is 1. The highest BCUT2D eigenvalue weighted by atomic mass is 16.5. The highest BCUT2D eigenvalue weighted by Gasteiger charge is 2.21. The maximum absolute atomic E-state index is 9.84. The summed E-state index contributed by atoms with van der Waals surface area (Å²) in [5.41, 5.74) is 4.08. The molecule has 0 fully saturated rings. The Morgan fingerprint density at radius 2 is 1.52 bits per heavy atom. The van der Waals surface area contributed by atoms with Crippen molar-refractivity contribution in [3.63, 3.8) is 0 Å². The Labute approximate surface area is 126 Å². The smallest absolute Gasteiger partial charge is 0.180 e. The van der Waals surface area contributed by atoms with Gasteiger partial charge in [-0.2, -0.15) is 0 Å². The van der Waals surface area contributed by atoms with E-state index in [1.165, 1.54) is 0 Å². The lowest BCUT2D eigenvalue weighted by atomic mass is 9.91. The summed E-state index contributed by atoms with van der Waals surface area (Å²) in [6.07, 6.45) is -1.52. The molecule has 0 unspecified atom stereocenters. The molecule has 0 aliphatic heterocycles. The van der Waals surface area contributed by atoms with Gasteiger partial charge in [0.2, 0.25) is 0 Å². The molecule has 112 valence electrons. The fourth-order valence-electron chi connectivity index (χ4n) is 2.46. The molecule has 2 N–H and O–H groups in total. The summed E-state index contributed by atoms with van der Waals surface area (Å²) >= 11 is 0. The van der Waals surface area contributed by atoms with E-state index in [1.54, 1.807) is 0 Å². The van der Waals surface area contributed by atoms with E-state index in [0.29, 0.717) is 5.56 Å². The normalized spacial score (nSPS) is 11.7. The molecule has 0 saturated carbocycles. The van der Waals surface area contributed by atoms with Crippen LogP contribution in [-0.4, -0.2) is 15.2 Å². The predicted octanol–water partition coefficient (Wildman–Crippen LogP) is 3.98. The second kappa shape index (κ2) is 6.37. The summed E-state index contributed by atoms with van der Waals surface area (Å²) in [5, 5.41) is 19.7. The average molecular weight is 285 g/mol. The fraction of sp³-hybridized carbons (Fsp3) is 0.389. The Morgan fingerprint density at radius 1 is 0.905 bits per heavy atom. The minimum Gasteiger partial charge on any atom is -0.364 e. The molecule has 1 aromatic carbocycles. The van der Waals surface area contributed by atoms with Crippen molar-refractivity contribution in [2.75, 3.05) is 0 Å². The number of benzene rings is 1. The molecule has 0 atom stereocenters. The Balaban J connectivity index is 2.76. The minimum absolute atomic E-state index is 0.128. The number of aliphatic hydroxyl groups is 2. The standard InChI is InChI=1S/C18H23NO2/c1-11(2)15-10-14(13-8-6-5-7-9-13)16(18(20)21)17(19-15)12(3)4/h5-12,18,20-21H,1-4H3. The topological polar surface area (TPSA) is 53.4 Å². The van der Waals surface area contributed by atoms with Crippen molar-refractivity contribution < 1.29 is 10.2 Å². The summed E-state index contributed by atoms with van der Waals surface area (Å²) in [6, 6.07) is 11.8. The molecule has 2 aromatic rings. The number of hydrogen-bond acceptors (Lipinski definition) is 3. The van der Waals surface area contributed by atoms with E-state index in [-0.39, 0.29) is 11.8 Å². The average Bonchev–Trinajstić information content (AvgIpc) is 2.46. The van der Waals surface area contributed by atoms with Gasteiger partial charge >= 0.3 is 0 Å². The molecular formula is C18H23NO2. The van der Waals surface area contributed by atoms with Crippen LogP contribution < -0.4 is 0 Å². The van der Waals surface area contributed by atoms with Crippen LogP contribution in [0.3, 0.4) is 0 Å². The van der Waals surface area contributed by atoms with E-state index < -0.39 is 6.29 Å². The van der Waals surface area contributed by atoms with Crippen molar-refractivity contribution in [3.8, 4) is 11.1 Å². The zero-order valence-corrected chi connectivity index (χ0v) is 13.0. The Morgan fingerprint density at radius 3 is 2.00 bits per heavy atom. The van der Waals surface area contributed by atoms with Gasteiger partial charge in [0.25, 0.3) is 0 Å². The van der Waals surface area contributed by atoms with Gasteiger partial charge in [0.1, 0.15) is 0 Å². The number of hydrogen-bond donors (Lipinski definition) is 2. The Bertz CT molecular complexity index is 604. The summed E-state index contributed by atoms with van der Waals surface area (Å²) in [7, 11) is 0. The van der Waals surface area contributed by atoms with Gasteiger partial charge in [-0.1, -0.05) is 58.0 Å². The first-order valence-corrected chi connectivity index (χ1v) is 7.38. The molecule has 2 rings (SSSR count). The van der Waals surface area contributed by atoms with Crippen LogP contribution in [0.4, 0.5) is 0 Å². The van der Waals surface area contributed by atoms with E-state index in [4.69, 9.17) is 0 Å². The third kappa shape index (κ3) is 3.31. The van der Waals surface area contributed by atoms with E-state index in [0.717, 1.165) is 22.5 Å². The quantitative estimate of drug-likeness (QED) is 0.835. The second-order valence-electron chi connectivity index (χ2n) is 5.94. The van der Waals surface area contributed by atoms with Crippen molar-refractivity contribution in [2.24, 2.45) is 0 Å². The third-order valence-corrected chi connectivity index (χ3v) is 3.59. The molecule has 21 heavy (non-hydrogen) atoms. The van der Waals surface area contributed by atoms with Crippen molar-refractivity contribution in [1.29, 1.82) is 0 Å². The molecule has 0 aliphatic carbocycles. The summed E-state index contributed by atoms with van der Waals surface area (Å²) in [5.74, 6) is 0.415. The van der Waals surface area contributed by atoms with Gasteiger partial charge in [0, 0.05) is 11.3 Å². The van der Waals surface area contributed by atoms with Crippen LogP contribution in [0.5, 0.6) is 0 Å². The first kappa shape index (κ1) is 15.7. The molecule has 0 spiro atoms. The summed E-state index contributed by atoms with van der Waals surface area (Å²) in [4.78, 5) is 4.66. The Hall–Kier alpha value is -1.71. The van der Waals surface area contributed by atoms with E-state index in [9.17, 15) is 10.2 Å². The van der Waals surface area contributed by atoms with E-state index in [2.05, 4.69) is 18.8 Å². The predicted molar refractivity (Wildman–Crippen MR) is 85.0 cm³/mol. The van der Waals surface area contributed by atoms with Crippen LogP contribution in [0.15, 0.2) is 36.4 Å². The lowest BCUT2D eigenvalue weighted by Gasteiger charge is -2.21. The minimum atomic E-state index is -1.52. The molecule has 0 bridgehead atoms. The summed E-state index contributed by atoms with van der Waals surface area (Å²) in [6.45, 7) is 8.23. The monoisotopic (exact) mass is 285 g/mol. The number of aromatic nitrogens is 1. The maximum Gasteiger partial charge on any atom is 0.180 e. The van der Waals surface area contributed by atoms with Gasteiger partial charge in [0.15, 0.2) is 6.29 Å². The fourth-order valence-corrected chi connectivity index (χ4v) is 2.46. The van der Waals surface area contributed by atoms with Crippen LogP contribution in [0.25, 0.3) is 11.1 Å². The van der Waals surface area contributed by atoms with Gasteiger partial charge < -0.3 is 10.2 Å². The van der Waals surface area contributed by atoms with Crippen molar-refractivity contribution >= 4 is 0 Å². The van der Waals surface area contributed by atoms with E-state index in [1.807, 2.05) is 50.2 Å². The first-order chi connectivity index (χ1) is 9.91. The van der Waals surface area contributed by atoms with Crippen LogP contribution in [0, 0.1) is 0 Å². The molecular weight excluding hydrogens is 262 g/mol. The number of rotatable bonds is 4. The van der Waals surface area contributed by atoms with E-state index >= 15 is 0 Å². The highest BCUT2D eigenvalue weighted by Crippen LogP contribution is 2.34. The molecule has 0 aliphatic rings. The largest absolute Gasteiger partial charge is 0.364 e. The molecule has 3 nitrogen and oxygen atoms in total. The van der Waals surface area contributed by atoms with Gasteiger partial charge in [-0.3, -0.25) is 4.98 Å². The number of aliphatic hydroxyl groups excluding tert-OH is 1. The lowest BCUT2D eigenvalue weighted by molar-refractivity contribution is -0.0431. The van der Waals surface area contributed by atoms with Crippen molar-refractivity contribution in [1.82, 2.24) is 4.98 Å². The maximum atomic E-state index is 9.84. The molecule has 3 heteroatoms.